The van der Waals surface area contributed by atoms with Gasteiger partial charge in [-0.3, -0.25) is 4.79 Å². The molecule has 1 aliphatic rings. The van der Waals surface area contributed by atoms with Gasteiger partial charge in [-0.1, -0.05) is 61.4 Å². The van der Waals surface area contributed by atoms with Crippen LogP contribution in [-0.4, -0.2) is 49.9 Å². The van der Waals surface area contributed by atoms with Crippen LogP contribution in [0.1, 0.15) is 43.7 Å². The van der Waals surface area contributed by atoms with Crippen LogP contribution in [-0.2, 0) is 14.3 Å². The topological polar surface area (TPSA) is 59.1 Å². The van der Waals surface area contributed by atoms with E-state index in [-0.39, 0.29) is 12.8 Å². The van der Waals surface area contributed by atoms with Gasteiger partial charge in [0.25, 0.3) is 0 Å². The second kappa shape index (κ2) is 12.5. The molecule has 2 aromatic carbocycles. The molecule has 1 amide bonds. The molecule has 1 saturated heterocycles. The van der Waals surface area contributed by atoms with Gasteiger partial charge in [-0.15, -0.1) is 0 Å². The Morgan fingerprint density at radius 2 is 1.70 bits per heavy atom. The second-order valence-electron chi connectivity index (χ2n) is 8.31. The molecule has 0 spiro atoms. The Morgan fingerprint density at radius 3 is 2.42 bits per heavy atom. The molecule has 1 fully saturated rings. The van der Waals surface area contributed by atoms with Crippen LogP contribution < -0.4 is 4.90 Å². The molecule has 0 radical (unpaired) electrons. The Bertz CT molecular complexity index is 942. The van der Waals surface area contributed by atoms with Crippen molar-refractivity contribution in [1.82, 2.24) is 4.90 Å². The van der Waals surface area contributed by atoms with Crippen LogP contribution in [0, 0.1) is 13.8 Å². The summed E-state index contributed by atoms with van der Waals surface area (Å²) in [5.41, 5.74) is 3.71. The number of anilines is 1. The predicted molar refractivity (Wildman–Crippen MR) is 132 cm³/mol. The quantitative estimate of drug-likeness (QED) is 0.262. The van der Waals surface area contributed by atoms with Crippen molar-refractivity contribution in [3.05, 3.63) is 53.6 Å². The number of para-hydroxylation sites is 1. The minimum atomic E-state index is -0.436. The number of benzene rings is 2. The van der Waals surface area contributed by atoms with E-state index in [1.54, 1.807) is 16.7 Å². The van der Waals surface area contributed by atoms with E-state index in [0.717, 1.165) is 32.4 Å². The SMILES string of the molecule is CCCCCC(=O)OCOC(=O)N1CCN(c2ccccc2Sc2ccc(C)cc2C)CC1. The van der Waals surface area contributed by atoms with Crippen molar-refractivity contribution in [3.8, 4) is 0 Å². The fourth-order valence-electron chi connectivity index (χ4n) is 3.80. The molecule has 0 aromatic heterocycles. The molecule has 0 N–H and O–H groups in total. The molecule has 33 heavy (non-hydrogen) atoms. The number of amides is 1. The molecule has 6 nitrogen and oxygen atoms in total. The Kier molecular flexibility index (Phi) is 9.48. The Morgan fingerprint density at radius 1 is 0.939 bits per heavy atom. The average Bonchev–Trinajstić information content (AvgIpc) is 2.81. The number of rotatable bonds is 9. The van der Waals surface area contributed by atoms with Crippen molar-refractivity contribution in [2.24, 2.45) is 0 Å². The van der Waals surface area contributed by atoms with Crippen LogP contribution in [0.25, 0.3) is 0 Å². The maximum absolute atomic E-state index is 12.3. The highest BCUT2D eigenvalue weighted by Gasteiger charge is 2.24. The highest BCUT2D eigenvalue weighted by Crippen LogP contribution is 2.37. The summed E-state index contributed by atoms with van der Waals surface area (Å²) in [7, 11) is 0. The summed E-state index contributed by atoms with van der Waals surface area (Å²) in [6.07, 6.45) is 2.76. The summed E-state index contributed by atoms with van der Waals surface area (Å²) in [5, 5.41) is 0. The van der Waals surface area contributed by atoms with E-state index in [2.05, 4.69) is 68.1 Å². The van der Waals surface area contributed by atoms with Crippen molar-refractivity contribution in [1.29, 1.82) is 0 Å². The number of nitrogens with zero attached hydrogens (tertiary/aromatic N) is 2. The monoisotopic (exact) mass is 470 g/mol. The van der Waals surface area contributed by atoms with Gasteiger partial charge in [-0.2, -0.15) is 0 Å². The molecular weight excluding hydrogens is 436 g/mol. The van der Waals surface area contributed by atoms with E-state index in [1.165, 1.54) is 26.6 Å². The zero-order valence-corrected chi connectivity index (χ0v) is 20.7. The first-order valence-corrected chi connectivity index (χ1v) is 12.5. The number of ether oxygens (including phenoxy) is 2. The van der Waals surface area contributed by atoms with Crippen molar-refractivity contribution in [3.63, 3.8) is 0 Å². The van der Waals surface area contributed by atoms with Crippen LogP contribution in [0.2, 0.25) is 0 Å². The van der Waals surface area contributed by atoms with Gasteiger partial charge in [0.05, 0.1) is 5.69 Å². The zero-order chi connectivity index (χ0) is 23.6. The van der Waals surface area contributed by atoms with Gasteiger partial charge in [0.15, 0.2) is 0 Å². The number of piperazine rings is 1. The average molecular weight is 471 g/mol. The number of carbonyl (C=O) groups is 2. The minimum absolute atomic E-state index is 0.320. The third-order valence-electron chi connectivity index (χ3n) is 5.68. The molecule has 178 valence electrons. The third-order valence-corrected chi connectivity index (χ3v) is 6.92. The van der Waals surface area contributed by atoms with Crippen molar-refractivity contribution < 1.29 is 19.1 Å². The van der Waals surface area contributed by atoms with E-state index in [9.17, 15) is 9.59 Å². The lowest BCUT2D eigenvalue weighted by Gasteiger charge is -2.36. The molecule has 0 unspecified atom stereocenters. The summed E-state index contributed by atoms with van der Waals surface area (Å²) in [6, 6.07) is 14.9. The fraction of sp³-hybridized carbons (Fsp3) is 0.462. The predicted octanol–water partition coefficient (Wildman–Crippen LogP) is 5.79. The largest absolute Gasteiger partial charge is 0.428 e. The van der Waals surface area contributed by atoms with Crippen LogP contribution >= 0.6 is 11.8 Å². The van der Waals surface area contributed by atoms with Gasteiger partial charge in [0.1, 0.15) is 0 Å². The first-order chi connectivity index (χ1) is 16.0. The number of unbranched alkanes of at least 4 members (excludes halogenated alkanes) is 2. The van der Waals surface area contributed by atoms with E-state index in [4.69, 9.17) is 9.47 Å². The van der Waals surface area contributed by atoms with Crippen molar-refractivity contribution >= 4 is 29.5 Å². The van der Waals surface area contributed by atoms with Gasteiger partial charge in [0, 0.05) is 42.4 Å². The van der Waals surface area contributed by atoms with Gasteiger partial charge >= 0.3 is 12.1 Å². The molecule has 0 aliphatic carbocycles. The molecule has 1 aliphatic heterocycles. The lowest BCUT2D eigenvalue weighted by atomic mass is 10.2. The van der Waals surface area contributed by atoms with Crippen molar-refractivity contribution in [2.45, 2.75) is 56.2 Å². The van der Waals surface area contributed by atoms with E-state index >= 15 is 0 Å². The number of aryl methyl sites for hydroxylation is 2. The molecular formula is C26H34N2O4S. The van der Waals surface area contributed by atoms with Crippen LogP contribution in [0.5, 0.6) is 0 Å². The maximum Gasteiger partial charge on any atom is 0.412 e. The molecule has 0 atom stereocenters. The third kappa shape index (κ3) is 7.42. The minimum Gasteiger partial charge on any atom is -0.428 e. The lowest BCUT2D eigenvalue weighted by Crippen LogP contribution is -2.49. The Labute approximate surface area is 201 Å². The Hall–Kier alpha value is -2.67. The van der Waals surface area contributed by atoms with Crippen LogP contribution in [0.4, 0.5) is 10.5 Å². The zero-order valence-electron chi connectivity index (χ0n) is 19.8. The smallest absolute Gasteiger partial charge is 0.412 e. The number of carbonyl (C=O) groups excluding carboxylic acids is 2. The standard InChI is InChI=1S/C26H34N2O4S/c1-4-5-6-11-25(29)31-19-32-26(30)28-16-14-27(15-17-28)22-9-7-8-10-24(22)33-23-13-12-20(2)18-21(23)3/h7-10,12-13,18H,4-6,11,14-17,19H2,1-3H3. The fourth-order valence-corrected chi connectivity index (χ4v) is 4.84. The van der Waals surface area contributed by atoms with Gasteiger partial charge < -0.3 is 19.3 Å². The summed E-state index contributed by atoms with van der Waals surface area (Å²) < 4.78 is 10.2. The molecule has 2 aromatic rings. The highest BCUT2D eigenvalue weighted by molar-refractivity contribution is 7.99. The lowest BCUT2D eigenvalue weighted by molar-refractivity contribution is -0.152. The summed E-state index contributed by atoms with van der Waals surface area (Å²) >= 11 is 1.78. The molecule has 0 bridgehead atoms. The van der Waals surface area contributed by atoms with Crippen LogP contribution in [0.3, 0.4) is 0 Å². The first kappa shape index (κ1) is 25.0. The summed E-state index contributed by atoms with van der Waals surface area (Å²) in [5.74, 6) is -0.320. The normalized spacial score (nSPS) is 13.7. The molecule has 7 heteroatoms. The van der Waals surface area contributed by atoms with Crippen molar-refractivity contribution in [2.75, 3.05) is 37.9 Å². The van der Waals surface area contributed by atoms with Gasteiger partial charge in [-0.25, -0.2) is 4.79 Å². The molecule has 3 rings (SSSR count). The van der Waals surface area contributed by atoms with Gasteiger partial charge in [-0.05, 0) is 44.0 Å². The van der Waals surface area contributed by atoms with E-state index < -0.39 is 6.09 Å². The number of hydrogen-bond donors (Lipinski definition) is 0. The summed E-state index contributed by atoms with van der Waals surface area (Å²) in [4.78, 5) is 30.4. The van der Waals surface area contributed by atoms with Gasteiger partial charge in [0.2, 0.25) is 6.79 Å². The maximum atomic E-state index is 12.3. The first-order valence-electron chi connectivity index (χ1n) is 11.6. The number of hydrogen-bond acceptors (Lipinski definition) is 6. The summed E-state index contributed by atoms with van der Waals surface area (Å²) in [6.45, 7) is 8.57. The van der Waals surface area contributed by atoms with E-state index in [1.807, 2.05) is 0 Å². The molecule has 1 heterocycles. The molecule has 0 saturated carbocycles. The Balaban J connectivity index is 1.50. The second-order valence-corrected chi connectivity index (χ2v) is 9.40. The van der Waals surface area contributed by atoms with Crippen LogP contribution in [0.15, 0.2) is 52.3 Å². The number of esters is 1. The highest BCUT2D eigenvalue weighted by atomic mass is 32.2. The van der Waals surface area contributed by atoms with E-state index in [0.29, 0.717) is 19.5 Å².